The average Bonchev–Trinajstić information content (AvgIpc) is 2.68. The first kappa shape index (κ1) is 17.1. The number of pyridine rings is 1. The van der Waals surface area contributed by atoms with Gasteiger partial charge in [-0.3, -0.25) is 9.78 Å². The number of aliphatic hydroxyl groups is 1. The van der Waals surface area contributed by atoms with E-state index in [1.807, 2.05) is 56.3 Å². The predicted molar refractivity (Wildman–Crippen MR) is 99.5 cm³/mol. The molecule has 0 radical (unpaired) electrons. The fourth-order valence-electron chi connectivity index (χ4n) is 2.96. The molecule has 1 amide bonds. The molecule has 0 aliphatic carbocycles. The van der Waals surface area contributed by atoms with Crippen LogP contribution in [0.3, 0.4) is 0 Å². The average molecular weight is 334 g/mol. The van der Waals surface area contributed by atoms with Gasteiger partial charge < -0.3 is 10.0 Å². The fraction of sp³-hybridized carbons (Fsp3) is 0.238. The van der Waals surface area contributed by atoms with Crippen LogP contribution in [0.2, 0.25) is 0 Å². The maximum atomic E-state index is 12.4. The number of aromatic nitrogens is 1. The van der Waals surface area contributed by atoms with Crippen molar-refractivity contribution in [3.8, 4) is 0 Å². The molecule has 0 aliphatic rings. The number of aliphatic hydroxyl groups excluding tert-OH is 1. The van der Waals surface area contributed by atoms with E-state index >= 15 is 0 Å². The van der Waals surface area contributed by atoms with Crippen LogP contribution in [0.1, 0.15) is 41.4 Å². The van der Waals surface area contributed by atoms with E-state index in [0.717, 1.165) is 22.0 Å². The van der Waals surface area contributed by atoms with Crippen LogP contribution in [-0.2, 0) is 0 Å². The van der Waals surface area contributed by atoms with Gasteiger partial charge in [0.2, 0.25) is 0 Å². The zero-order valence-corrected chi connectivity index (χ0v) is 14.5. The lowest BCUT2D eigenvalue weighted by Gasteiger charge is -2.19. The maximum Gasteiger partial charge on any atom is 0.253 e. The molecule has 3 rings (SSSR count). The number of nitrogens with zero attached hydrogens (tertiary/aromatic N) is 2. The van der Waals surface area contributed by atoms with Gasteiger partial charge in [0.05, 0.1) is 5.52 Å². The third kappa shape index (κ3) is 3.54. The number of benzene rings is 2. The topological polar surface area (TPSA) is 53.4 Å². The lowest BCUT2D eigenvalue weighted by Crippen LogP contribution is -2.30. The number of amides is 1. The largest absolute Gasteiger partial charge is 0.384 e. The molecule has 1 atom stereocenters. The minimum Gasteiger partial charge on any atom is -0.384 e. The Bertz CT molecular complexity index is 870. The highest BCUT2D eigenvalue weighted by molar-refractivity contribution is 5.94. The van der Waals surface area contributed by atoms with Gasteiger partial charge in [0.1, 0.15) is 6.10 Å². The Morgan fingerprint density at radius 2 is 1.72 bits per heavy atom. The van der Waals surface area contributed by atoms with Crippen molar-refractivity contribution >= 4 is 16.8 Å². The van der Waals surface area contributed by atoms with Crippen LogP contribution >= 0.6 is 0 Å². The maximum absolute atomic E-state index is 12.4. The molecule has 0 saturated carbocycles. The highest BCUT2D eigenvalue weighted by Crippen LogP contribution is 2.25. The molecule has 128 valence electrons. The van der Waals surface area contributed by atoms with Crippen molar-refractivity contribution in [2.75, 3.05) is 13.1 Å². The van der Waals surface area contributed by atoms with Gasteiger partial charge in [-0.25, -0.2) is 0 Å². The van der Waals surface area contributed by atoms with E-state index in [0.29, 0.717) is 18.7 Å². The van der Waals surface area contributed by atoms with Crippen LogP contribution in [-0.4, -0.2) is 34.0 Å². The Morgan fingerprint density at radius 3 is 2.40 bits per heavy atom. The summed E-state index contributed by atoms with van der Waals surface area (Å²) < 4.78 is 0. The zero-order valence-electron chi connectivity index (χ0n) is 14.5. The summed E-state index contributed by atoms with van der Waals surface area (Å²) in [6, 6.07) is 16.8. The van der Waals surface area contributed by atoms with Crippen molar-refractivity contribution in [1.82, 2.24) is 9.88 Å². The van der Waals surface area contributed by atoms with Crippen LogP contribution < -0.4 is 0 Å². The molecule has 25 heavy (non-hydrogen) atoms. The SMILES string of the molecule is CCN(CC)C(=O)c1ccc(C(O)c2ccc3ncccc3c2)cc1. The summed E-state index contributed by atoms with van der Waals surface area (Å²) in [4.78, 5) is 18.4. The highest BCUT2D eigenvalue weighted by Gasteiger charge is 2.15. The van der Waals surface area contributed by atoms with Crippen LogP contribution in [0.15, 0.2) is 60.8 Å². The third-order valence-electron chi connectivity index (χ3n) is 4.47. The van der Waals surface area contributed by atoms with Gasteiger partial charge in [0, 0.05) is 30.2 Å². The number of rotatable bonds is 5. The Kier molecular flexibility index (Phi) is 5.10. The summed E-state index contributed by atoms with van der Waals surface area (Å²) in [7, 11) is 0. The quantitative estimate of drug-likeness (QED) is 0.772. The van der Waals surface area contributed by atoms with Crippen molar-refractivity contribution < 1.29 is 9.90 Å². The van der Waals surface area contributed by atoms with E-state index in [9.17, 15) is 9.90 Å². The lowest BCUT2D eigenvalue weighted by molar-refractivity contribution is 0.0773. The summed E-state index contributed by atoms with van der Waals surface area (Å²) in [6.07, 6.45) is 1.02. The Balaban J connectivity index is 1.84. The summed E-state index contributed by atoms with van der Waals surface area (Å²) in [5.41, 5.74) is 3.11. The first-order valence-electron chi connectivity index (χ1n) is 8.56. The molecule has 2 aromatic carbocycles. The van der Waals surface area contributed by atoms with Gasteiger partial charge >= 0.3 is 0 Å². The minimum absolute atomic E-state index is 0.0165. The summed E-state index contributed by atoms with van der Waals surface area (Å²) >= 11 is 0. The van der Waals surface area contributed by atoms with E-state index in [1.165, 1.54) is 0 Å². The fourth-order valence-corrected chi connectivity index (χ4v) is 2.96. The van der Waals surface area contributed by atoms with Crippen molar-refractivity contribution in [1.29, 1.82) is 0 Å². The van der Waals surface area contributed by atoms with E-state index in [1.54, 1.807) is 23.2 Å². The van der Waals surface area contributed by atoms with E-state index in [4.69, 9.17) is 0 Å². The van der Waals surface area contributed by atoms with Crippen molar-refractivity contribution in [2.24, 2.45) is 0 Å². The van der Waals surface area contributed by atoms with Crippen LogP contribution in [0.4, 0.5) is 0 Å². The molecular weight excluding hydrogens is 312 g/mol. The van der Waals surface area contributed by atoms with Crippen molar-refractivity contribution in [3.63, 3.8) is 0 Å². The minimum atomic E-state index is -0.734. The smallest absolute Gasteiger partial charge is 0.253 e. The van der Waals surface area contributed by atoms with Crippen LogP contribution in [0, 0.1) is 0 Å². The molecule has 4 heteroatoms. The van der Waals surface area contributed by atoms with Gasteiger partial charge in [-0.15, -0.1) is 0 Å². The molecule has 1 unspecified atom stereocenters. The standard InChI is InChI=1S/C21H22N2O2/c1-3-23(4-2)21(25)16-9-7-15(8-10-16)20(24)18-11-12-19-17(14-18)6-5-13-22-19/h5-14,20,24H,3-4H2,1-2H3. The molecule has 1 N–H and O–H groups in total. The molecule has 0 fully saturated rings. The molecule has 0 saturated heterocycles. The second-order valence-electron chi connectivity index (χ2n) is 5.96. The van der Waals surface area contributed by atoms with E-state index in [-0.39, 0.29) is 5.91 Å². The molecular formula is C21H22N2O2. The Hall–Kier alpha value is -2.72. The van der Waals surface area contributed by atoms with E-state index in [2.05, 4.69) is 4.98 Å². The van der Waals surface area contributed by atoms with Crippen molar-refractivity contribution in [2.45, 2.75) is 20.0 Å². The molecule has 0 bridgehead atoms. The Morgan fingerprint density at radius 1 is 1.04 bits per heavy atom. The molecule has 3 aromatic rings. The molecule has 1 aromatic heterocycles. The number of carbonyl (C=O) groups is 1. The number of carbonyl (C=O) groups excluding carboxylic acids is 1. The monoisotopic (exact) mass is 334 g/mol. The van der Waals surface area contributed by atoms with Crippen molar-refractivity contribution in [3.05, 3.63) is 77.5 Å². The molecule has 1 heterocycles. The second-order valence-corrected chi connectivity index (χ2v) is 5.96. The molecule has 0 aliphatic heterocycles. The second kappa shape index (κ2) is 7.45. The Labute approximate surface area is 147 Å². The third-order valence-corrected chi connectivity index (χ3v) is 4.47. The lowest BCUT2D eigenvalue weighted by atomic mass is 9.98. The first-order chi connectivity index (χ1) is 12.1. The summed E-state index contributed by atoms with van der Waals surface area (Å²) in [5.74, 6) is 0.0165. The zero-order chi connectivity index (χ0) is 17.8. The van der Waals surface area contributed by atoms with Crippen LogP contribution in [0.5, 0.6) is 0 Å². The first-order valence-corrected chi connectivity index (χ1v) is 8.56. The van der Waals surface area contributed by atoms with E-state index < -0.39 is 6.10 Å². The van der Waals surface area contributed by atoms with Gasteiger partial charge in [-0.1, -0.05) is 24.3 Å². The number of hydrogen-bond acceptors (Lipinski definition) is 3. The van der Waals surface area contributed by atoms with Gasteiger partial charge in [0.25, 0.3) is 5.91 Å². The van der Waals surface area contributed by atoms with Gasteiger partial charge in [-0.05, 0) is 55.3 Å². The van der Waals surface area contributed by atoms with Crippen LogP contribution in [0.25, 0.3) is 10.9 Å². The molecule has 4 nitrogen and oxygen atoms in total. The summed E-state index contributed by atoms with van der Waals surface area (Å²) in [5, 5.41) is 11.7. The number of fused-ring (bicyclic) bond motifs is 1. The summed E-state index contributed by atoms with van der Waals surface area (Å²) in [6.45, 7) is 5.30. The normalized spacial score (nSPS) is 12.1. The van der Waals surface area contributed by atoms with Gasteiger partial charge in [0.15, 0.2) is 0 Å². The highest BCUT2D eigenvalue weighted by atomic mass is 16.3. The predicted octanol–water partition coefficient (Wildman–Crippen LogP) is 3.80. The van der Waals surface area contributed by atoms with Gasteiger partial charge in [-0.2, -0.15) is 0 Å². The molecule has 0 spiro atoms. The number of hydrogen-bond donors (Lipinski definition) is 1.